The molecule has 0 heterocycles. The molecule has 1 atom stereocenters. The number of aliphatic carboxylic acids is 1. The Hall–Kier alpha value is -1.08. The largest absolute Gasteiger partial charge is 0.480 e. The van der Waals surface area contributed by atoms with Crippen LogP contribution in [0.2, 0.25) is 0 Å². The third-order valence-corrected chi connectivity index (χ3v) is 0.872. The van der Waals surface area contributed by atoms with Crippen LogP contribution < -0.4 is 0 Å². The number of carboxylic acids is 1. The van der Waals surface area contributed by atoms with E-state index in [1.54, 1.807) is 6.07 Å². The Balaban J connectivity index is 3.72. The summed E-state index contributed by atoms with van der Waals surface area (Å²) in [6, 6.07) is 1.54. The number of aliphatic hydroxyl groups is 1. The number of nitriles is 1. The zero-order valence-corrected chi connectivity index (χ0v) is 4.74. The molecule has 4 nitrogen and oxygen atoms in total. The lowest BCUT2D eigenvalue weighted by atomic mass is 10.1. The minimum absolute atomic E-state index is 0.00579. The average molecular weight is 129 g/mol. The number of carboxylic acid groups (broad SMARTS) is 1. The van der Waals surface area contributed by atoms with Crippen molar-refractivity contribution in [3.63, 3.8) is 0 Å². The first kappa shape index (κ1) is 7.92. The van der Waals surface area contributed by atoms with E-state index in [1.807, 2.05) is 0 Å². The van der Waals surface area contributed by atoms with Crippen LogP contribution in [0.15, 0.2) is 0 Å². The van der Waals surface area contributed by atoms with Crippen molar-refractivity contribution in [2.24, 2.45) is 5.92 Å². The molecule has 0 spiro atoms. The predicted octanol–water partition coefficient (Wildman–Crippen LogP) is -0.407. The molecule has 0 aromatic rings. The maximum absolute atomic E-state index is 9.99. The summed E-state index contributed by atoms with van der Waals surface area (Å²) in [5.74, 6) is -2.23. The molecule has 0 bridgehead atoms. The van der Waals surface area contributed by atoms with E-state index in [9.17, 15) is 4.79 Å². The minimum Gasteiger partial charge on any atom is -0.480 e. The molecule has 0 radical (unpaired) electrons. The summed E-state index contributed by atoms with van der Waals surface area (Å²) in [6.07, 6.45) is 0.00579. The Morgan fingerprint density at radius 3 is 2.44 bits per heavy atom. The number of aliphatic hydroxyl groups excluding tert-OH is 1. The third-order valence-electron chi connectivity index (χ3n) is 0.872. The van der Waals surface area contributed by atoms with Gasteiger partial charge < -0.3 is 10.2 Å². The SMILES string of the molecule is N#CC(CCO)C(=O)O. The van der Waals surface area contributed by atoms with Crippen molar-refractivity contribution >= 4 is 5.97 Å². The molecule has 0 amide bonds. The van der Waals surface area contributed by atoms with E-state index in [0.29, 0.717) is 0 Å². The van der Waals surface area contributed by atoms with Crippen LogP contribution in [0.3, 0.4) is 0 Å². The van der Waals surface area contributed by atoms with Gasteiger partial charge in [-0.15, -0.1) is 0 Å². The first-order valence-corrected chi connectivity index (χ1v) is 2.45. The van der Waals surface area contributed by atoms with Gasteiger partial charge >= 0.3 is 5.97 Å². The summed E-state index contributed by atoms with van der Waals surface area (Å²) >= 11 is 0. The van der Waals surface area contributed by atoms with Crippen LogP contribution in [-0.4, -0.2) is 22.8 Å². The zero-order chi connectivity index (χ0) is 7.28. The van der Waals surface area contributed by atoms with E-state index in [0.717, 1.165) is 0 Å². The van der Waals surface area contributed by atoms with Gasteiger partial charge in [-0.1, -0.05) is 0 Å². The summed E-state index contributed by atoms with van der Waals surface area (Å²) in [6.45, 7) is -0.259. The molecule has 0 saturated carbocycles. The zero-order valence-electron chi connectivity index (χ0n) is 4.74. The molecule has 50 valence electrons. The van der Waals surface area contributed by atoms with Crippen molar-refractivity contribution in [3.8, 4) is 6.07 Å². The molecule has 0 aliphatic heterocycles. The monoisotopic (exact) mass is 129 g/mol. The van der Waals surface area contributed by atoms with Gasteiger partial charge in [0.15, 0.2) is 0 Å². The molecule has 0 fully saturated rings. The van der Waals surface area contributed by atoms with Crippen molar-refractivity contribution in [2.45, 2.75) is 6.42 Å². The highest BCUT2D eigenvalue weighted by Crippen LogP contribution is 1.98. The van der Waals surface area contributed by atoms with Crippen molar-refractivity contribution in [2.75, 3.05) is 6.61 Å². The predicted molar refractivity (Wildman–Crippen MR) is 28.4 cm³/mol. The molecule has 0 aliphatic carbocycles. The first-order chi connectivity index (χ1) is 4.22. The number of rotatable bonds is 3. The van der Waals surface area contributed by atoms with E-state index in [4.69, 9.17) is 15.5 Å². The summed E-state index contributed by atoms with van der Waals surface area (Å²) in [5, 5.41) is 24.5. The highest BCUT2D eigenvalue weighted by Gasteiger charge is 2.14. The lowest BCUT2D eigenvalue weighted by molar-refractivity contribution is -0.140. The van der Waals surface area contributed by atoms with Crippen molar-refractivity contribution in [3.05, 3.63) is 0 Å². The number of carbonyl (C=O) groups is 1. The Morgan fingerprint density at radius 1 is 1.78 bits per heavy atom. The van der Waals surface area contributed by atoms with Gasteiger partial charge in [0.05, 0.1) is 6.07 Å². The molecule has 0 rings (SSSR count). The van der Waals surface area contributed by atoms with E-state index in [1.165, 1.54) is 0 Å². The average Bonchev–Trinajstić information content (AvgIpc) is 1.82. The first-order valence-electron chi connectivity index (χ1n) is 2.45. The number of nitrogens with zero attached hydrogens (tertiary/aromatic N) is 1. The van der Waals surface area contributed by atoms with Gasteiger partial charge in [-0.05, 0) is 6.42 Å². The molecule has 0 aromatic heterocycles. The maximum atomic E-state index is 9.99. The fourth-order valence-corrected chi connectivity index (χ4v) is 0.372. The smallest absolute Gasteiger partial charge is 0.320 e. The van der Waals surface area contributed by atoms with Gasteiger partial charge in [0.2, 0.25) is 0 Å². The standard InChI is InChI=1S/C5H7NO3/c6-3-4(1-2-7)5(8)9/h4,7H,1-2H2,(H,8,9). The Morgan fingerprint density at radius 2 is 2.33 bits per heavy atom. The molecule has 1 unspecified atom stereocenters. The molecule has 0 aromatic carbocycles. The van der Waals surface area contributed by atoms with Gasteiger partial charge in [0.25, 0.3) is 0 Å². The molecule has 2 N–H and O–H groups in total. The maximum Gasteiger partial charge on any atom is 0.320 e. The van der Waals surface area contributed by atoms with Gasteiger partial charge in [-0.25, -0.2) is 0 Å². The van der Waals surface area contributed by atoms with Crippen molar-refractivity contribution in [1.82, 2.24) is 0 Å². The van der Waals surface area contributed by atoms with Crippen LogP contribution in [0.25, 0.3) is 0 Å². The van der Waals surface area contributed by atoms with Crippen LogP contribution in [0.1, 0.15) is 6.42 Å². The summed E-state index contributed by atoms with van der Waals surface area (Å²) in [5.41, 5.74) is 0. The highest BCUT2D eigenvalue weighted by molar-refractivity contribution is 5.72. The van der Waals surface area contributed by atoms with Crippen LogP contribution in [-0.2, 0) is 4.79 Å². The summed E-state index contributed by atoms with van der Waals surface area (Å²) in [4.78, 5) is 9.99. The second-order valence-corrected chi connectivity index (χ2v) is 1.53. The second kappa shape index (κ2) is 3.87. The van der Waals surface area contributed by atoms with Crippen LogP contribution in [0.5, 0.6) is 0 Å². The van der Waals surface area contributed by atoms with Gasteiger partial charge in [0, 0.05) is 6.61 Å². The number of hydrogen-bond acceptors (Lipinski definition) is 3. The van der Waals surface area contributed by atoms with Gasteiger partial charge in [-0.3, -0.25) is 4.79 Å². The molecule has 4 heteroatoms. The van der Waals surface area contributed by atoms with Gasteiger partial charge in [0.1, 0.15) is 5.92 Å². The lowest BCUT2D eigenvalue weighted by Crippen LogP contribution is -2.12. The van der Waals surface area contributed by atoms with Crippen molar-refractivity contribution in [1.29, 1.82) is 5.26 Å². The minimum atomic E-state index is -1.17. The second-order valence-electron chi connectivity index (χ2n) is 1.53. The fraction of sp³-hybridized carbons (Fsp3) is 0.600. The fourth-order valence-electron chi connectivity index (χ4n) is 0.372. The molecule has 0 aliphatic rings. The number of hydrogen-bond donors (Lipinski definition) is 2. The topological polar surface area (TPSA) is 81.3 Å². The van der Waals surface area contributed by atoms with E-state index in [2.05, 4.69) is 0 Å². The van der Waals surface area contributed by atoms with Gasteiger partial charge in [-0.2, -0.15) is 5.26 Å². The molecule has 9 heavy (non-hydrogen) atoms. The van der Waals surface area contributed by atoms with Crippen LogP contribution in [0.4, 0.5) is 0 Å². The molecule has 0 saturated heterocycles. The third kappa shape index (κ3) is 2.67. The highest BCUT2D eigenvalue weighted by atomic mass is 16.4. The van der Waals surface area contributed by atoms with Crippen LogP contribution in [0, 0.1) is 17.2 Å². The Kier molecular flexibility index (Phi) is 3.40. The molecular weight excluding hydrogens is 122 g/mol. The lowest BCUT2D eigenvalue weighted by Gasteiger charge is -1.96. The summed E-state index contributed by atoms with van der Waals surface area (Å²) < 4.78 is 0. The van der Waals surface area contributed by atoms with Crippen molar-refractivity contribution < 1.29 is 15.0 Å². The Labute approximate surface area is 52.3 Å². The van der Waals surface area contributed by atoms with E-state index >= 15 is 0 Å². The van der Waals surface area contributed by atoms with Crippen LogP contribution >= 0.6 is 0 Å². The quantitative estimate of drug-likeness (QED) is 0.542. The molecular formula is C5H7NO3. The van der Waals surface area contributed by atoms with E-state index < -0.39 is 11.9 Å². The summed E-state index contributed by atoms with van der Waals surface area (Å²) in [7, 11) is 0. The normalized spacial score (nSPS) is 12.0. The Bertz CT molecular complexity index is 138. The van der Waals surface area contributed by atoms with E-state index in [-0.39, 0.29) is 13.0 Å².